The smallest absolute Gasteiger partial charge is 0.462 e. The summed E-state index contributed by atoms with van der Waals surface area (Å²) in [5.74, 6) is -1.41. The molecule has 0 aliphatic carbocycles. The molecular formula is C66H128O17P2. The van der Waals surface area contributed by atoms with E-state index < -0.39 is 97.5 Å². The fourth-order valence-corrected chi connectivity index (χ4v) is 11.5. The van der Waals surface area contributed by atoms with Crippen molar-refractivity contribution in [2.24, 2.45) is 5.92 Å². The van der Waals surface area contributed by atoms with Crippen LogP contribution in [0.1, 0.15) is 336 Å². The predicted octanol–water partition coefficient (Wildman–Crippen LogP) is 18.6. The van der Waals surface area contributed by atoms with Crippen LogP contribution < -0.4 is 0 Å². The summed E-state index contributed by atoms with van der Waals surface area (Å²) in [5, 5.41) is 10.5. The van der Waals surface area contributed by atoms with E-state index in [4.69, 9.17) is 37.0 Å². The number of hydrogen-bond acceptors (Lipinski definition) is 15. The molecule has 0 saturated heterocycles. The Morgan fingerprint density at radius 3 is 0.800 bits per heavy atom. The molecule has 0 rings (SSSR count). The molecule has 0 heterocycles. The Bertz CT molecular complexity index is 1650. The lowest BCUT2D eigenvalue weighted by Crippen LogP contribution is -2.30. The lowest BCUT2D eigenvalue weighted by atomic mass is 10.0. The number of ether oxygens (including phenoxy) is 4. The number of carbonyl (C=O) groups is 4. The van der Waals surface area contributed by atoms with Gasteiger partial charge < -0.3 is 33.8 Å². The maximum atomic E-state index is 13.0. The van der Waals surface area contributed by atoms with Gasteiger partial charge in [-0.3, -0.25) is 37.3 Å². The predicted molar refractivity (Wildman–Crippen MR) is 340 cm³/mol. The molecule has 0 amide bonds. The van der Waals surface area contributed by atoms with Gasteiger partial charge in [-0.15, -0.1) is 0 Å². The molecule has 0 radical (unpaired) electrons. The summed E-state index contributed by atoms with van der Waals surface area (Å²) >= 11 is 0. The fraction of sp³-hybridized carbons (Fsp3) is 0.939. The molecule has 17 nitrogen and oxygen atoms in total. The third kappa shape index (κ3) is 60.7. The first-order valence-electron chi connectivity index (χ1n) is 34.6. The van der Waals surface area contributed by atoms with Gasteiger partial charge in [0, 0.05) is 25.7 Å². The van der Waals surface area contributed by atoms with Crippen LogP contribution in [0.3, 0.4) is 0 Å². The van der Waals surface area contributed by atoms with E-state index >= 15 is 0 Å². The minimum atomic E-state index is -4.95. The second-order valence-electron chi connectivity index (χ2n) is 24.3. The highest BCUT2D eigenvalue weighted by Crippen LogP contribution is 2.45. The summed E-state index contributed by atoms with van der Waals surface area (Å²) in [4.78, 5) is 72.1. The molecular weight excluding hydrogens is 1130 g/mol. The maximum absolute atomic E-state index is 13.0. The van der Waals surface area contributed by atoms with Crippen molar-refractivity contribution < 1.29 is 80.2 Å². The first-order valence-corrected chi connectivity index (χ1v) is 37.6. The molecule has 0 aliphatic rings. The van der Waals surface area contributed by atoms with Crippen LogP contribution in [0.15, 0.2) is 0 Å². The molecule has 504 valence electrons. The van der Waals surface area contributed by atoms with Crippen molar-refractivity contribution in [2.75, 3.05) is 39.6 Å². The molecule has 0 spiro atoms. The molecule has 85 heavy (non-hydrogen) atoms. The number of phosphoric ester groups is 2. The van der Waals surface area contributed by atoms with Crippen LogP contribution in [0.2, 0.25) is 0 Å². The molecule has 0 fully saturated rings. The Morgan fingerprint density at radius 2 is 0.541 bits per heavy atom. The fourth-order valence-electron chi connectivity index (χ4n) is 9.94. The van der Waals surface area contributed by atoms with E-state index in [2.05, 4.69) is 34.6 Å². The van der Waals surface area contributed by atoms with Gasteiger partial charge in [-0.05, 0) is 31.6 Å². The number of phosphoric acid groups is 2. The average Bonchev–Trinajstić information content (AvgIpc) is 3.51. The zero-order valence-corrected chi connectivity index (χ0v) is 56.5. The molecule has 3 N–H and O–H groups in total. The highest BCUT2D eigenvalue weighted by molar-refractivity contribution is 7.47. The number of aliphatic hydroxyl groups excluding tert-OH is 1. The minimum Gasteiger partial charge on any atom is -0.462 e. The third-order valence-electron chi connectivity index (χ3n) is 15.3. The zero-order chi connectivity index (χ0) is 62.8. The maximum Gasteiger partial charge on any atom is 0.472 e. The van der Waals surface area contributed by atoms with Crippen molar-refractivity contribution in [2.45, 2.75) is 355 Å². The van der Waals surface area contributed by atoms with Gasteiger partial charge in [0.05, 0.1) is 26.4 Å². The molecule has 0 saturated carbocycles. The number of aliphatic hydroxyl groups is 1. The van der Waals surface area contributed by atoms with Crippen molar-refractivity contribution in [1.82, 2.24) is 0 Å². The van der Waals surface area contributed by atoms with Crippen LogP contribution in [0, 0.1) is 5.92 Å². The molecule has 2 unspecified atom stereocenters. The number of esters is 4. The van der Waals surface area contributed by atoms with Crippen LogP contribution >= 0.6 is 15.6 Å². The lowest BCUT2D eigenvalue weighted by Gasteiger charge is -2.21. The minimum absolute atomic E-state index is 0.105. The Labute approximate surface area is 517 Å². The quantitative estimate of drug-likeness (QED) is 0.0222. The number of carbonyl (C=O) groups excluding carboxylic acids is 4. The van der Waals surface area contributed by atoms with E-state index in [0.29, 0.717) is 25.7 Å². The standard InChI is InChI=1S/C66H128O17P2/c1-6-9-12-15-18-20-21-22-23-24-25-26-27-28-29-30-37-42-47-52-66(71)83-62(56-77-64(69)50-45-40-36-32-31-34-38-43-48-59(4)5)58-81-85(74,75)79-54-60(67)53-78-84(72,73)80-57-61(55-76-63(68)49-44-39-33-17-14-11-8-3)82-65(70)51-46-41-35-19-16-13-10-7-2/h59-62,67H,6-58H2,1-5H3,(H,72,73)(H,74,75)/t60-,61+,62+/m0/s1. The molecule has 19 heteroatoms. The van der Waals surface area contributed by atoms with Gasteiger partial charge in [0.1, 0.15) is 19.3 Å². The van der Waals surface area contributed by atoms with Gasteiger partial charge in [-0.2, -0.15) is 0 Å². The topological polar surface area (TPSA) is 237 Å². The Balaban J connectivity index is 5.14. The van der Waals surface area contributed by atoms with Crippen LogP contribution in [0.5, 0.6) is 0 Å². The normalized spacial score (nSPS) is 14.2. The summed E-state index contributed by atoms with van der Waals surface area (Å²) in [6.45, 7) is 7.11. The summed E-state index contributed by atoms with van der Waals surface area (Å²) < 4.78 is 67.9. The molecule has 0 bridgehead atoms. The SMILES string of the molecule is CCCCCCCCCCCCCCCCCCCCCC(=O)O[C@H](COC(=O)CCCCCCCCCCC(C)C)COP(=O)(O)OC[C@@H](O)COP(=O)(O)OC[C@@H](COC(=O)CCCCCCCCC)OC(=O)CCCCCCCCCC. The Hall–Kier alpha value is -1.94. The van der Waals surface area contributed by atoms with Crippen molar-refractivity contribution in [3.05, 3.63) is 0 Å². The van der Waals surface area contributed by atoms with E-state index in [9.17, 15) is 43.2 Å². The summed E-state index contributed by atoms with van der Waals surface area (Å²) in [5.41, 5.74) is 0. The molecule has 0 aromatic carbocycles. The summed E-state index contributed by atoms with van der Waals surface area (Å²) in [6, 6.07) is 0. The lowest BCUT2D eigenvalue weighted by molar-refractivity contribution is -0.161. The second-order valence-corrected chi connectivity index (χ2v) is 27.2. The van der Waals surface area contributed by atoms with E-state index in [-0.39, 0.29) is 25.7 Å². The highest BCUT2D eigenvalue weighted by Gasteiger charge is 2.30. The van der Waals surface area contributed by atoms with E-state index in [1.54, 1.807) is 0 Å². The molecule has 0 aromatic heterocycles. The second kappa shape index (κ2) is 59.7. The van der Waals surface area contributed by atoms with Crippen LogP contribution in [0.4, 0.5) is 0 Å². The van der Waals surface area contributed by atoms with Crippen molar-refractivity contribution in [1.29, 1.82) is 0 Å². The summed E-state index contributed by atoms with van der Waals surface area (Å²) in [6.07, 6.45) is 44.8. The zero-order valence-electron chi connectivity index (χ0n) is 54.7. The molecule has 0 aromatic rings. The van der Waals surface area contributed by atoms with E-state index in [1.807, 2.05) is 0 Å². The van der Waals surface area contributed by atoms with E-state index in [1.165, 1.54) is 141 Å². The van der Waals surface area contributed by atoms with Gasteiger partial charge in [0.2, 0.25) is 0 Å². The van der Waals surface area contributed by atoms with Crippen molar-refractivity contribution >= 4 is 39.5 Å². The third-order valence-corrected chi connectivity index (χ3v) is 17.2. The Morgan fingerprint density at radius 1 is 0.318 bits per heavy atom. The Kier molecular flexibility index (Phi) is 58.3. The number of rotatable bonds is 66. The first-order chi connectivity index (χ1) is 41.0. The van der Waals surface area contributed by atoms with E-state index in [0.717, 1.165) is 115 Å². The van der Waals surface area contributed by atoms with Gasteiger partial charge in [0.25, 0.3) is 0 Å². The largest absolute Gasteiger partial charge is 0.472 e. The van der Waals surface area contributed by atoms with Crippen LogP contribution in [-0.2, 0) is 65.4 Å². The molecule has 0 aliphatic heterocycles. The molecule has 5 atom stereocenters. The van der Waals surface area contributed by atoms with Gasteiger partial charge in [-0.1, -0.05) is 285 Å². The van der Waals surface area contributed by atoms with Gasteiger partial charge in [0.15, 0.2) is 12.2 Å². The van der Waals surface area contributed by atoms with Crippen molar-refractivity contribution in [3.63, 3.8) is 0 Å². The first kappa shape index (κ1) is 83.1. The van der Waals surface area contributed by atoms with Crippen LogP contribution in [0.25, 0.3) is 0 Å². The van der Waals surface area contributed by atoms with Crippen LogP contribution in [-0.4, -0.2) is 96.7 Å². The monoisotopic (exact) mass is 1250 g/mol. The number of unbranched alkanes of at least 4 members (excludes halogenated alkanes) is 38. The number of hydrogen-bond donors (Lipinski definition) is 3. The van der Waals surface area contributed by atoms with Gasteiger partial charge >= 0.3 is 39.5 Å². The summed E-state index contributed by atoms with van der Waals surface area (Å²) in [7, 11) is -9.88. The van der Waals surface area contributed by atoms with Crippen molar-refractivity contribution in [3.8, 4) is 0 Å². The highest BCUT2D eigenvalue weighted by atomic mass is 31.2. The average molecular weight is 1260 g/mol. The van der Waals surface area contributed by atoms with Gasteiger partial charge in [-0.25, -0.2) is 9.13 Å².